The Morgan fingerprint density at radius 3 is 1.93 bits per heavy atom. The lowest BCUT2D eigenvalue weighted by atomic mass is 10.4. The van der Waals surface area contributed by atoms with E-state index in [4.69, 9.17) is 23.7 Å². The standard InChI is InChI=1S/C8H15N3O2S2/c1-3-11(4-2)8(14)15-5(6(9)12)7(10)13/h5H,3-4H2,1-2H3,(H2,9,12)(H2,10,13). The van der Waals surface area contributed by atoms with Crippen LogP contribution in [0.1, 0.15) is 13.8 Å². The molecule has 0 rings (SSSR count). The van der Waals surface area contributed by atoms with Gasteiger partial charge in [-0.1, -0.05) is 24.0 Å². The summed E-state index contributed by atoms with van der Waals surface area (Å²) in [5.74, 6) is -1.52. The van der Waals surface area contributed by atoms with Crippen molar-refractivity contribution < 1.29 is 9.59 Å². The number of carbonyl (C=O) groups excluding carboxylic acids is 2. The molecule has 7 heteroatoms. The minimum atomic E-state index is -1.09. The highest BCUT2D eigenvalue weighted by Crippen LogP contribution is 2.15. The van der Waals surface area contributed by atoms with Gasteiger partial charge in [-0.25, -0.2) is 0 Å². The summed E-state index contributed by atoms with van der Waals surface area (Å²) in [6, 6.07) is 0. The van der Waals surface area contributed by atoms with Gasteiger partial charge in [0.1, 0.15) is 4.32 Å². The molecule has 0 aliphatic rings. The maximum absolute atomic E-state index is 10.9. The van der Waals surface area contributed by atoms with E-state index >= 15 is 0 Å². The normalized spacial score (nSPS) is 10.1. The van der Waals surface area contributed by atoms with E-state index in [0.29, 0.717) is 17.4 Å². The topological polar surface area (TPSA) is 89.4 Å². The Morgan fingerprint density at radius 1 is 1.27 bits per heavy atom. The van der Waals surface area contributed by atoms with Crippen LogP contribution in [0.3, 0.4) is 0 Å². The molecule has 0 aromatic heterocycles. The number of rotatable bonds is 5. The molecular weight excluding hydrogens is 234 g/mol. The van der Waals surface area contributed by atoms with Crippen LogP contribution in [-0.4, -0.2) is 39.4 Å². The highest BCUT2D eigenvalue weighted by molar-refractivity contribution is 8.24. The van der Waals surface area contributed by atoms with Gasteiger partial charge in [-0.05, 0) is 13.8 Å². The van der Waals surface area contributed by atoms with E-state index in [9.17, 15) is 9.59 Å². The highest BCUT2D eigenvalue weighted by Gasteiger charge is 2.25. The molecule has 0 spiro atoms. The van der Waals surface area contributed by atoms with Crippen molar-refractivity contribution in [2.24, 2.45) is 11.5 Å². The monoisotopic (exact) mass is 249 g/mol. The number of carbonyl (C=O) groups is 2. The molecule has 0 unspecified atom stereocenters. The number of hydrogen-bond donors (Lipinski definition) is 2. The van der Waals surface area contributed by atoms with Gasteiger partial charge in [0.2, 0.25) is 11.8 Å². The van der Waals surface area contributed by atoms with Crippen LogP contribution in [0.15, 0.2) is 0 Å². The van der Waals surface area contributed by atoms with Crippen molar-refractivity contribution in [3.63, 3.8) is 0 Å². The first-order valence-corrected chi connectivity index (χ1v) is 5.77. The minimum absolute atomic E-state index is 0.461. The molecular formula is C8H15N3O2S2. The van der Waals surface area contributed by atoms with Gasteiger partial charge in [0, 0.05) is 13.1 Å². The second-order valence-corrected chi connectivity index (χ2v) is 4.48. The molecule has 0 saturated heterocycles. The molecule has 0 fully saturated rings. The Bertz CT molecular complexity index is 253. The molecule has 4 N–H and O–H groups in total. The lowest BCUT2D eigenvalue weighted by Crippen LogP contribution is -2.40. The first-order chi connectivity index (χ1) is 6.93. The Labute approximate surface area is 98.5 Å². The summed E-state index contributed by atoms with van der Waals surface area (Å²) in [5, 5.41) is -1.09. The average molecular weight is 249 g/mol. The van der Waals surface area contributed by atoms with Gasteiger partial charge in [-0.3, -0.25) is 9.59 Å². The van der Waals surface area contributed by atoms with Crippen LogP contribution in [0.2, 0.25) is 0 Å². The lowest BCUT2D eigenvalue weighted by Gasteiger charge is -2.22. The lowest BCUT2D eigenvalue weighted by molar-refractivity contribution is -0.125. The van der Waals surface area contributed by atoms with Crippen LogP contribution in [0.25, 0.3) is 0 Å². The van der Waals surface area contributed by atoms with Crippen LogP contribution in [0.4, 0.5) is 0 Å². The zero-order valence-electron chi connectivity index (χ0n) is 8.73. The molecule has 5 nitrogen and oxygen atoms in total. The van der Waals surface area contributed by atoms with Crippen molar-refractivity contribution in [1.82, 2.24) is 4.90 Å². The smallest absolute Gasteiger partial charge is 0.240 e. The largest absolute Gasteiger partial charge is 0.368 e. The summed E-state index contributed by atoms with van der Waals surface area (Å²) in [4.78, 5) is 23.6. The second-order valence-electron chi connectivity index (χ2n) is 2.74. The molecule has 86 valence electrons. The molecule has 0 aromatic carbocycles. The van der Waals surface area contributed by atoms with E-state index in [1.165, 1.54) is 0 Å². The molecule has 0 bridgehead atoms. The maximum Gasteiger partial charge on any atom is 0.240 e. The summed E-state index contributed by atoms with van der Waals surface area (Å²) in [6.45, 7) is 5.29. The van der Waals surface area contributed by atoms with Crippen molar-refractivity contribution in [3.05, 3.63) is 0 Å². The Balaban J connectivity index is 4.48. The summed E-state index contributed by atoms with van der Waals surface area (Å²) in [6.07, 6.45) is 0. The first-order valence-electron chi connectivity index (χ1n) is 4.48. The van der Waals surface area contributed by atoms with Crippen molar-refractivity contribution in [2.45, 2.75) is 19.1 Å². The predicted octanol–water partition coefficient (Wildman–Crippen LogP) is -0.314. The molecule has 0 heterocycles. The van der Waals surface area contributed by atoms with Crippen LogP contribution >= 0.6 is 24.0 Å². The third-order valence-corrected chi connectivity index (χ3v) is 3.46. The van der Waals surface area contributed by atoms with Gasteiger partial charge in [-0.2, -0.15) is 0 Å². The number of nitrogens with two attached hydrogens (primary N) is 2. The molecule has 0 aromatic rings. The molecule has 2 amide bonds. The van der Waals surface area contributed by atoms with Crippen molar-refractivity contribution in [1.29, 1.82) is 0 Å². The van der Waals surface area contributed by atoms with Crippen molar-refractivity contribution in [3.8, 4) is 0 Å². The zero-order chi connectivity index (χ0) is 12.0. The number of nitrogens with zero attached hydrogens (tertiary/aromatic N) is 1. The number of primary amides is 2. The molecule has 0 aliphatic carbocycles. The van der Waals surface area contributed by atoms with Gasteiger partial charge in [0.15, 0.2) is 5.25 Å². The Kier molecular flexibility index (Phi) is 6.26. The van der Waals surface area contributed by atoms with Crippen molar-refractivity contribution >= 4 is 40.1 Å². The number of thiocarbonyl (C=S) groups is 1. The number of hydrogen-bond acceptors (Lipinski definition) is 4. The van der Waals surface area contributed by atoms with E-state index in [-0.39, 0.29) is 0 Å². The zero-order valence-corrected chi connectivity index (χ0v) is 10.4. The highest BCUT2D eigenvalue weighted by atomic mass is 32.2. The molecule has 0 atom stereocenters. The van der Waals surface area contributed by atoms with Crippen LogP contribution in [-0.2, 0) is 9.59 Å². The number of thioether (sulfide) groups is 1. The van der Waals surface area contributed by atoms with E-state index in [0.717, 1.165) is 11.8 Å². The Morgan fingerprint density at radius 2 is 1.67 bits per heavy atom. The summed E-state index contributed by atoms with van der Waals surface area (Å²) in [5.41, 5.74) is 10.1. The maximum atomic E-state index is 10.9. The van der Waals surface area contributed by atoms with Crippen molar-refractivity contribution in [2.75, 3.05) is 13.1 Å². The van der Waals surface area contributed by atoms with E-state index in [2.05, 4.69) is 0 Å². The average Bonchev–Trinajstić information content (AvgIpc) is 2.15. The third kappa shape index (κ3) is 4.48. The van der Waals surface area contributed by atoms with Crippen LogP contribution in [0.5, 0.6) is 0 Å². The summed E-state index contributed by atoms with van der Waals surface area (Å²) < 4.78 is 0.461. The Hall–Kier alpha value is -0.820. The van der Waals surface area contributed by atoms with E-state index in [1.54, 1.807) is 0 Å². The fourth-order valence-electron chi connectivity index (χ4n) is 0.914. The SMILES string of the molecule is CCN(CC)C(=S)SC(C(N)=O)C(N)=O. The van der Waals surface area contributed by atoms with Gasteiger partial charge >= 0.3 is 0 Å². The first kappa shape index (κ1) is 14.2. The van der Waals surface area contributed by atoms with Gasteiger partial charge in [-0.15, -0.1) is 0 Å². The molecule has 15 heavy (non-hydrogen) atoms. The van der Waals surface area contributed by atoms with Gasteiger partial charge in [0.25, 0.3) is 0 Å². The molecule has 0 radical (unpaired) electrons. The van der Waals surface area contributed by atoms with Crippen LogP contribution in [0, 0.1) is 0 Å². The second kappa shape index (κ2) is 6.62. The summed E-state index contributed by atoms with van der Waals surface area (Å²) >= 11 is 5.99. The molecule has 0 saturated carbocycles. The van der Waals surface area contributed by atoms with Crippen LogP contribution < -0.4 is 11.5 Å². The van der Waals surface area contributed by atoms with E-state index in [1.807, 2.05) is 18.7 Å². The number of amides is 2. The minimum Gasteiger partial charge on any atom is -0.368 e. The van der Waals surface area contributed by atoms with Gasteiger partial charge in [0.05, 0.1) is 0 Å². The third-order valence-electron chi connectivity index (χ3n) is 1.76. The fraction of sp³-hybridized carbons (Fsp3) is 0.625. The van der Waals surface area contributed by atoms with Gasteiger partial charge < -0.3 is 16.4 Å². The summed E-state index contributed by atoms with van der Waals surface area (Å²) in [7, 11) is 0. The fourth-order valence-corrected chi connectivity index (χ4v) is 2.30. The predicted molar refractivity (Wildman–Crippen MR) is 65.3 cm³/mol. The van der Waals surface area contributed by atoms with E-state index < -0.39 is 17.1 Å². The quantitative estimate of drug-likeness (QED) is 0.515. The molecule has 0 aliphatic heterocycles.